The Morgan fingerprint density at radius 2 is 1.55 bits per heavy atom. The maximum Gasteiger partial charge on any atom is 0.338 e. The average molecular weight is 534 g/mol. The summed E-state index contributed by atoms with van der Waals surface area (Å²) in [6.07, 6.45) is 0.763. The predicted molar refractivity (Wildman–Crippen MR) is 151 cm³/mol. The number of carboxylic acids is 1. The molecule has 0 aromatic heterocycles. The van der Waals surface area contributed by atoms with E-state index in [9.17, 15) is 19.5 Å². The molecule has 0 saturated heterocycles. The van der Waals surface area contributed by atoms with Gasteiger partial charge in [-0.15, -0.1) is 11.8 Å². The van der Waals surface area contributed by atoms with Crippen LogP contribution >= 0.6 is 11.8 Å². The molecule has 4 rings (SSSR count). The van der Waals surface area contributed by atoms with Crippen molar-refractivity contribution in [3.05, 3.63) is 90.0 Å². The van der Waals surface area contributed by atoms with E-state index in [-0.39, 0.29) is 25.4 Å². The number of rotatable bonds is 12. The fourth-order valence-electron chi connectivity index (χ4n) is 4.32. The van der Waals surface area contributed by atoms with E-state index in [0.29, 0.717) is 30.0 Å². The SMILES string of the molecule is CCOC(=O)c1ccc(N(CCCSC2(CC(=O)O)Nc3ccccc3N2)C(=O)Cc2ccccc2)cc1. The number of carbonyl (C=O) groups is 3. The molecule has 0 radical (unpaired) electrons. The summed E-state index contributed by atoms with van der Waals surface area (Å²) in [5.41, 5.74) is 3.76. The van der Waals surface area contributed by atoms with Crippen molar-refractivity contribution < 1.29 is 24.2 Å². The molecule has 3 aromatic carbocycles. The summed E-state index contributed by atoms with van der Waals surface area (Å²) in [5.74, 6) is -0.766. The van der Waals surface area contributed by atoms with Gasteiger partial charge < -0.3 is 25.4 Å². The molecule has 0 atom stereocenters. The van der Waals surface area contributed by atoms with Crippen molar-refractivity contribution in [2.45, 2.75) is 31.2 Å². The van der Waals surface area contributed by atoms with Gasteiger partial charge in [-0.1, -0.05) is 42.5 Å². The molecule has 0 aliphatic carbocycles. The minimum Gasteiger partial charge on any atom is -0.481 e. The Balaban J connectivity index is 1.45. The van der Waals surface area contributed by atoms with E-state index in [1.807, 2.05) is 54.6 Å². The van der Waals surface area contributed by atoms with Crippen LogP contribution in [0.4, 0.5) is 17.1 Å². The molecule has 0 unspecified atom stereocenters. The van der Waals surface area contributed by atoms with Crippen LogP contribution in [0.1, 0.15) is 35.7 Å². The van der Waals surface area contributed by atoms with Crippen molar-refractivity contribution in [1.82, 2.24) is 0 Å². The van der Waals surface area contributed by atoms with E-state index in [0.717, 1.165) is 16.9 Å². The number of hydrogen-bond acceptors (Lipinski definition) is 7. The molecule has 3 aromatic rings. The number of carbonyl (C=O) groups excluding carboxylic acids is 2. The fraction of sp³-hybridized carbons (Fsp3) is 0.276. The number of carboxylic acid groups (broad SMARTS) is 1. The van der Waals surface area contributed by atoms with E-state index in [1.54, 1.807) is 36.1 Å². The van der Waals surface area contributed by atoms with Gasteiger partial charge in [0, 0.05) is 12.2 Å². The lowest BCUT2D eigenvalue weighted by molar-refractivity contribution is -0.137. The first-order valence-corrected chi connectivity index (χ1v) is 13.5. The zero-order valence-electron chi connectivity index (χ0n) is 21.2. The summed E-state index contributed by atoms with van der Waals surface area (Å²) in [5, 5.41) is 16.2. The number of esters is 1. The summed E-state index contributed by atoms with van der Waals surface area (Å²) < 4.78 is 5.07. The highest BCUT2D eigenvalue weighted by atomic mass is 32.2. The molecule has 9 heteroatoms. The predicted octanol–water partition coefficient (Wildman–Crippen LogP) is 5.23. The molecule has 3 N–H and O–H groups in total. The molecule has 1 heterocycles. The van der Waals surface area contributed by atoms with E-state index in [2.05, 4.69) is 10.6 Å². The van der Waals surface area contributed by atoms with Crippen LogP contribution in [-0.4, -0.2) is 46.9 Å². The normalized spacial score (nSPS) is 13.1. The van der Waals surface area contributed by atoms with Crippen LogP contribution in [0.3, 0.4) is 0 Å². The summed E-state index contributed by atoms with van der Waals surface area (Å²) in [6, 6.07) is 24.0. The first-order chi connectivity index (χ1) is 18.4. The van der Waals surface area contributed by atoms with Crippen molar-refractivity contribution in [3.63, 3.8) is 0 Å². The van der Waals surface area contributed by atoms with E-state index < -0.39 is 16.9 Å². The Bertz CT molecular complexity index is 1240. The third kappa shape index (κ3) is 6.86. The highest BCUT2D eigenvalue weighted by molar-refractivity contribution is 8.00. The van der Waals surface area contributed by atoms with Crippen LogP contribution in [0.2, 0.25) is 0 Å². The number of aliphatic carboxylic acids is 1. The lowest BCUT2D eigenvalue weighted by atomic mass is 10.1. The van der Waals surface area contributed by atoms with Gasteiger partial charge >= 0.3 is 11.9 Å². The number of anilines is 3. The number of para-hydroxylation sites is 2. The Labute approximate surface area is 226 Å². The number of fused-ring (bicyclic) bond motifs is 1. The van der Waals surface area contributed by atoms with Gasteiger partial charge in [0.1, 0.15) is 0 Å². The standard InChI is InChI=1S/C29H31N3O5S/c1-2-37-28(36)22-13-15-23(16-14-22)32(26(33)19-21-9-4-3-5-10-21)17-8-18-38-29(20-27(34)35)30-24-11-6-7-12-25(24)31-29/h3-7,9-16,30-31H,2,8,17-20H2,1H3,(H,34,35). The van der Waals surface area contributed by atoms with Gasteiger partial charge in [0.05, 0.1) is 36.4 Å². The topological polar surface area (TPSA) is 108 Å². The molecular formula is C29H31N3O5S. The molecule has 0 fully saturated rings. The zero-order valence-corrected chi connectivity index (χ0v) is 22.0. The summed E-state index contributed by atoms with van der Waals surface area (Å²) in [7, 11) is 0. The summed E-state index contributed by atoms with van der Waals surface area (Å²) >= 11 is 1.48. The maximum atomic E-state index is 13.4. The van der Waals surface area contributed by atoms with Gasteiger partial charge in [-0.3, -0.25) is 9.59 Å². The van der Waals surface area contributed by atoms with Crippen molar-refractivity contribution in [2.24, 2.45) is 0 Å². The smallest absolute Gasteiger partial charge is 0.338 e. The third-order valence-corrected chi connectivity index (χ3v) is 7.40. The second-order valence-electron chi connectivity index (χ2n) is 8.87. The third-order valence-electron chi connectivity index (χ3n) is 6.06. The van der Waals surface area contributed by atoms with Gasteiger partial charge in [0.25, 0.3) is 0 Å². The lowest BCUT2D eigenvalue weighted by Gasteiger charge is -2.29. The number of thioether (sulfide) groups is 1. The first-order valence-electron chi connectivity index (χ1n) is 12.5. The molecule has 0 spiro atoms. The Hall–Kier alpha value is -3.98. The fourth-order valence-corrected chi connectivity index (χ4v) is 5.53. The number of benzene rings is 3. The largest absolute Gasteiger partial charge is 0.481 e. The quantitative estimate of drug-likeness (QED) is 0.215. The maximum absolute atomic E-state index is 13.4. The van der Waals surface area contributed by atoms with Crippen molar-refractivity contribution in [2.75, 3.05) is 34.4 Å². The van der Waals surface area contributed by atoms with E-state index >= 15 is 0 Å². The second-order valence-corrected chi connectivity index (χ2v) is 10.3. The van der Waals surface area contributed by atoms with E-state index in [4.69, 9.17) is 4.74 Å². The minimum absolute atomic E-state index is 0.0603. The molecule has 1 amide bonds. The molecule has 38 heavy (non-hydrogen) atoms. The zero-order chi connectivity index (χ0) is 27.0. The van der Waals surface area contributed by atoms with Crippen LogP contribution in [0, 0.1) is 0 Å². The second kappa shape index (κ2) is 12.5. The molecule has 1 aliphatic rings. The van der Waals surface area contributed by atoms with Crippen LogP contribution in [0.5, 0.6) is 0 Å². The average Bonchev–Trinajstić information content (AvgIpc) is 3.27. The summed E-state index contributed by atoms with van der Waals surface area (Å²) in [6.45, 7) is 2.48. The van der Waals surface area contributed by atoms with Crippen LogP contribution in [-0.2, 0) is 20.7 Å². The number of nitrogens with one attached hydrogen (secondary N) is 2. The highest BCUT2D eigenvalue weighted by Gasteiger charge is 2.38. The van der Waals surface area contributed by atoms with Crippen molar-refractivity contribution in [1.29, 1.82) is 0 Å². The van der Waals surface area contributed by atoms with E-state index in [1.165, 1.54) is 11.8 Å². The van der Waals surface area contributed by atoms with Crippen LogP contribution in [0.15, 0.2) is 78.9 Å². The van der Waals surface area contributed by atoms with Gasteiger partial charge in [-0.05, 0) is 61.1 Å². The molecule has 8 nitrogen and oxygen atoms in total. The summed E-state index contributed by atoms with van der Waals surface area (Å²) in [4.78, 5) is 37.9. The molecule has 1 aliphatic heterocycles. The Morgan fingerprint density at radius 3 is 2.16 bits per heavy atom. The van der Waals surface area contributed by atoms with Gasteiger partial charge in [0.2, 0.25) is 5.91 Å². The first kappa shape index (κ1) is 27.1. The van der Waals surface area contributed by atoms with Crippen LogP contribution < -0.4 is 15.5 Å². The Kier molecular flexibility index (Phi) is 8.91. The van der Waals surface area contributed by atoms with Gasteiger partial charge in [-0.25, -0.2) is 4.79 Å². The monoisotopic (exact) mass is 533 g/mol. The molecule has 198 valence electrons. The number of amides is 1. The Morgan fingerprint density at radius 1 is 0.921 bits per heavy atom. The van der Waals surface area contributed by atoms with Crippen molar-refractivity contribution >= 4 is 46.7 Å². The number of ether oxygens (including phenoxy) is 1. The molecule has 0 bridgehead atoms. The molecular weight excluding hydrogens is 502 g/mol. The van der Waals surface area contributed by atoms with Gasteiger partial charge in [-0.2, -0.15) is 0 Å². The highest BCUT2D eigenvalue weighted by Crippen LogP contribution is 2.41. The number of nitrogens with zero attached hydrogens (tertiary/aromatic N) is 1. The minimum atomic E-state index is -0.910. The number of hydrogen-bond donors (Lipinski definition) is 3. The molecule has 0 saturated carbocycles. The lowest BCUT2D eigenvalue weighted by Crippen LogP contribution is -2.41. The van der Waals surface area contributed by atoms with Crippen LogP contribution in [0.25, 0.3) is 0 Å². The van der Waals surface area contributed by atoms with Crippen molar-refractivity contribution in [3.8, 4) is 0 Å². The van der Waals surface area contributed by atoms with Gasteiger partial charge in [0.15, 0.2) is 4.99 Å².